The van der Waals surface area contributed by atoms with Crippen molar-refractivity contribution in [2.24, 2.45) is 5.92 Å². The van der Waals surface area contributed by atoms with Crippen LogP contribution in [0.4, 0.5) is 0 Å². The summed E-state index contributed by atoms with van der Waals surface area (Å²) in [5, 5.41) is 13.5. The van der Waals surface area contributed by atoms with Gasteiger partial charge < -0.3 is 36.2 Å². The van der Waals surface area contributed by atoms with Crippen molar-refractivity contribution in [1.82, 2.24) is 31.5 Å². The van der Waals surface area contributed by atoms with E-state index in [1.165, 1.54) is 18.9 Å². The molecule has 0 spiro atoms. The SMILES string of the molecule is CC(C)[C@H]1NC(=O)[C@@H](NC(=O)COCc2ccccc2)CCCNC(=O)CN(C)C(=O)[C@H](Cc2ccccc2)NC(=O)[C@@H](C)NC1=O. The van der Waals surface area contributed by atoms with E-state index in [4.69, 9.17) is 4.74 Å². The van der Waals surface area contributed by atoms with Crippen LogP contribution in [-0.2, 0) is 46.5 Å². The summed E-state index contributed by atoms with van der Waals surface area (Å²) in [4.78, 5) is 80.2. The first-order chi connectivity index (χ1) is 22.4. The summed E-state index contributed by atoms with van der Waals surface area (Å²) in [6, 6.07) is 14.3. The molecule has 254 valence electrons. The molecule has 0 unspecified atom stereocenters. The number of rotatable bonds is 8. The quantitative estimate of drug-likeness (QED) is 0.275. The van der Waals surface area contributed by atoms with Gasteiger partial charge in [-0.25, -0.2) is 0 Å². The summed E-state index contributed by atoms with van der Waals surface area (Å²) < 4.78 is 5.51. The second-order valence-corrected chi connectivity index (χ2v) is 12.0. The third-order valence-corrected chi connectivity index (χ3v) is 7.64. The molecule has 6 amide bonds. The third-order valence-electron chi connectivity index (χ3n) is 7.64. The zero-order valence-corrected chi connectivity index (χ0v) is 27.4. The topological polar surface area (TPSA) is 175 Å². The van der Waals surface area contributed by atoms with Gasteiger partial charge in [0.15, 0.2) is 0 Å². The fourth-order valence-electron chi connectivity index (χ4n) is 4.99. The van der Waals surface area contributed by atoms with Gasteiger partial charge in [0, 0.05) is 20.0 Å². The predicted molar refractivity (Wildman–Crippen MR) is 174 cm³/mol. The van der Waals surface area contributed by atoms with Gasteiger partial charge in [0.25, 0.3) is 0 Å². The standard InChI is InChI=1S/C34H46N6O7/c1-22(2)30-33(45)36-23(3)31(43)38-27(18-24-12-7-5-8-13-24)34(46)40(4)19-28(41)35-17-11-16-26(32(44)39-30)37-29(42)21-47-20-25-14-9-6-10-15-25/h5-10,12-15,22-23,26-27,30H,11,16-21H2,1-4H3,(H,35,41)(H,36,45)(H,37,42)(H,38,43)(H,39,44)/t23-,26+,27+,30-/m1/s1. The van der Waals surface area contributed by atoms with Crippen molar-refractivity contribution in [2.75, 3.05) is 26.7 Å². The number of carbonyl (C=O) groups is 6. The number of hydrogen-bond acceptors (Lipinski definition) is 7. The minimum Gasteiger partial charge on any atom is -0.367 e. The number of likely N-dealkylation sites (N-methyl/N-ethyl adjacent to an activating group) is 1. The van der Waals surface area contributed by atoms with Gasteiger partial charge in [0.1, 0.15) is 30.8 Å². The summed E-state index contributed by atoms with van der Waals surface area (Å²) >= 11 is 0. The highest BCUT2D eigenvalue weighted by Crippen LogP contribution is 2.09. The molecule has 5 N–H and O–H groups in total. The minimum atomic E-state index is -1.06. The molecule has 2 aromatic rings. The van der Waals surface area contributed by atoms with Gasteiger partial charge in [-0.1, -0.05) is 74.5 Å². The lowest BCUT2D eigenvalue weighted by Crippen LogP contribution is -2.59. The fourth-order valence-corrected chi connectivity index (χ4v) is 4.99. The van der Waals surface area contributed by atoms with Crippen molar-refractivity contribution in [1.29, 1.82) is 0 Å². The summed E-state index contributed by atoms with van der Waals surface area (Å²) in [5.41, 5.74) is 1.69. The fraction of sp³-hybridized carbons (Fsp3) is 0.471. The van der Waals surface area contributed by atoms with Crippen LogP contribution >= 0.6 is 0 Å². The Morgan fingerprint density at radius 2 is 1.53 bits per heavy atom. The summed E-state index contributed by atoms with van der Waals surface area (Å²) in [6.45, 7) is 4.79. The minimum absolute atomic E-state index is 0.149. The maximum atomic E-state index is 13.4. The van der Waals surface area contributed by atoms with Gasteiger partial charge in [-0.2, -0.15) is 0 Å². The van der Waals surface area contributed by atoms with E-state index in [2.05, 4.69) is 26.6 Å². The lowest BCUT2D eigenvalue weighted by Gasteiger charge is -2.28. The van der Waals surface area contributed by atoms with Gasteiger partial charge in [0.2, 0.25) is 35.4 Å². The molecule has 13 nitrogen and oxygen atoms in total. The van der Waals surface area contributed by atoms with E-state index in [1.807, 2.05) is 60.7 Å². The van der Waals surface area contributed by atoms with Crippen LogP contribution < -0.4 is 26.6 Å². The first-order valence-electron chi connectivity index (χ1n) is 15.8. The van der Waals surface area contributed by atoms with Crippen LogP contribution in [0.25, 0.3) is 0 Å². The molecule has 1 fully saturated rings. The zero-order chi connectivity index (χ0) is 34.3. The Labute approximate surface area is 275 Å². The van der Waals surface area contributed by atoms with Crippen LogP contribution in [0, 0.1) is 5.92 Å². The molecule has 1 heterocycles. The predicted octanol–water partition coefficient (Wildman–Crippen LogP) is 0.429. The highest BCUT2D eigenvalue weighted by atomic mass is 16.5. The van der Waals surface area contributed by atoms with Gasteiger partial charge in [-0.05, 0) is 36.8 Å². The first kappa shape index (κ1) is 36.7. The van der Waals surface area contributed by atoms with E-state index in [9.17, 15) is 28.8 Å². The molecule has 1 saturated heterocycles. The largest absolute Gasteiger partial charge is 0.367 e. The Kier molecular flexibility index (Phi) is 14.4. The molecule has 0 aromatic heterocycles. The third kappa shape index (κ3) is 12.2. The van der Waals surface area contributed by atoms with Crippen molar-refractivity contribution < 1.29 is 33.5 Å². The molecule has 47 heavy (non-hydrogen) atoms. The maximum absolute atomic E-state index is 13.4. The summed E-state index contributed by atoms with van der Waals surface area (Å²) in [5.74, 6) is -3.58. The van der Waals surface area contributed by atoms with Crippen molar-refractivity contribution >= 4 is 35.4 Å². The lowest BCUT2D eigenvalue weighted by atomic mass is 10.0. The second kappa shape index (κ2) is 18.4. The second-order valence-electron chi connectivity index (χ2n) is 12.0. The number of nitrogens with one attached hydrogen (secondary N) is 5. The van der Waals surface area contributed by atoms with Gasteiger partial charge >= 0.3 is 0 Å². The molecule has 0 saturated carbocycles. The summed E-state index contributed by atoms with van der Waals surface area (Å²) in [7, 11) is 1.47. The number of benzene rings is 2. The summed E-state index contributed by atoms with van der Waals surface area (Å²) in [6.07, 6.45) is 0.637. The molecule has 2 aromatic carbocycles. The molecule has 1 aliphatic rings. The van der Waals surface area contributed by atoms with Crippen molar-refractivity contribution in [3.63, 3.8) is 0 Å². The highest BCUT2D eigenvalue weighted by Gasteiger charge is 2.32. The number of hydrogen-bond donors (Lipinski definition) is 5. The number of ether oxygens (including phenoxy) is 1. The van der Waals surface area contributed by atoms with E-state index in [0.717, 1.165) is 11.1 Å². The molecule has 13 heteroatoms. The number of nitrogens with zero attached hydrogens (tertiary/aromatic N) is 1. The normalized spacial score (nSPS) is 22.3. The van der Waals surface area contributed by atoms with Crippen molar-refractivity contribution in [2.45, 2.75) is 70.8 Å². The highest BCUT2D eigenvalue weighted by molar-refractivity contribution is 5.96. The van der Waals surface area contributed by atoms with Gasteiger partial charge in [0.05, 0.1) is 13.2 Å². The smallest absolute Gasteiger partial charge is 0.246 e. The van der Waals surface area contributed by atoms with Crippen molar-refractivity contribution in [3.05, 3.63) is 71.8 Å². The molecule has 0 aliphatic carbocycles. The Morgan fingerprint density at radius 1 is 0.894 bits per heavy atom. The molecule has 1 aliphatic heterocycles. The maximum Gasteiger partial charge on any atom is 0.246 e. The van der Waals surface area contributed by atoms with E-state index in [0.29, 0.717) is 6.42 Å². The number of carbonyl (C=O) groups excluding carboxylic acids is 6. The van der Waals surface area contributed by atoms with Crippen LogP contribution in [0.3, 0.4) is 0 Å². The Balaban J connectivity index is 1.76. The average molecular weight is 651 g/mol. The lowest BCUT2D eigenvalue weighted by molar-refractivity contribution is -0.139. The molecular weight excluding hydrogens is 604 g/mol. The van der Waals surface area contributed by atoms with E-state index in [-0.39, 0.29) is 45.1 Å². The Bertz CT molecular complexity index is 1370. The molecule has 0 bridgehead atoms. The van der Waals surface area contributed by atoms with Gasteiger partial charge in [-0.3, -0.25) is 28.8 Å². The molecule has 0 radical (unpaired) electrons. The Morgan fingerprint density at radius 3 is 2.17 bits per heavy atom. The average Bonchev–Trinajstić information content (AvgIpc) is 3.04. The van der Waals surface area contributed by atoms with Crippen LogP contribution in [0.2, 0.25) is 0 Å². The Hall–Kier alpha value is -4.78. The van der Waals surface area contributed by atoms with E-state index < -0.39 is 59.6 Å². The molecule has 4 atom stereocenters. The van der Waals surface area contributed by atoms with E-state index in [1.54, 1.807) is 13.8 Å². The zero-order valence-electron chi connectivity index (χ0n) is 27.4. The first-order valence-corrected chi connectivity index (χ1v) is 15.8. The van der Waals surface area contributed by atoms with Crippen LogP contribution in [-0.4, -0.2) is 91.3 Å². The van der Waals surface area contributed by atoms with E-state index >= 15 is 0 Å². The molecule has 3 rings (SSSR count). The van der Waals surface area contributed by atoms with Crippen molar-refractivity contribution in [3.8, 4) is 0 Å². The van der Waals surface area contributed by atoms with Gasteiger partial charge in [-0.15, -0.1) is 0 Å². The number of amides is 6. The van der Waals surface area contributed by atoms with Crippen LogP contribution in [0.1, 0.15) is 44.7 Å². The molecular formula is C34H46N6O7. The van der Waals surface area contributed by atoms with Crippen LogP contribution in [0.5, 0.6) is 0 Å². The monoisotopic (exact) mass is 650 g/mol. The van der Waals surface area contributed by atoms with Crippen LogP contribution in [0.15, 0.2) is 60.7 Å².